The van der Waals surface area contributed by atoms with Gasteiger partial charge in [-0.3, -0.25) is 10.1 Å². The van der Waals surface area contributed by atoms with Crippen LogP contribution in [0.3, 0.4) is 0 Å². The van der Waals surface area contributed by atoms with E-state index in [1.54, 1.807) is 36.4 Å². The average Bonchev–Trinajstić information content (AvgIpc) is 2.52. The van der Waals surface area contributed by atoms with Crippen molar-refractivity contribution in [2.75, 3.05) is 0 Å². The summed E-state index contributed by atoms with van der Waals surface area (Å²) in [7, 11) is 0. The molecule has 0 fully saturated rings. The van der Waals surface area contributed by atoms with Gasteiger partial charge in [0, 0.05) is 11.6 Å². The van der Waals surface area contributed by atoms with Gasteiger partial charge in [-0.05, 0) is 23.8 Å². The number of benzene rings is 2. The molecule has 110 valence electrons. The largest absolute Gasteiger partial charge is 0.487 e. The highest BCUT2D eigenvalue weighted by Crippen LogP contribution is 2.27. The van der Waals surface area contributed by atoms with Gasteiger partial charge in [-0.2, -0.15) is 5.26 Å². The molecule has 0 heterocycles. The predicted molar refractivity (Wildman–Crippen MR) is 83.0 cm³/mol. The Bertz CT molecular complexity index is 766. The highest BCUT2D eigenvalue weighted by molar-refractivity contribution is 6.32. The highest BCUT2D eigenvalue weighted by Gasteiger charge is 2.06. The molecule has 0 aromatic heterocycles. The lowest BCUT2D eigenvalue weighted by atomic mass is 10.1. The first-order valence-electron chi connectivity index (χ1n) is 6.32. The molecule has 2 rings (SSSR count). The normalized spacial score (nSPS) is 10.4. The molecule has 0 N–H and O–H groups in total. The third kappa shape index (κ3) is 4.08. The third-order valence-corrected chi connectivity index (χ3v) is 3.16. The number of nitriles is 1. The van der Waals surface area contributed by atoms with Crippen molar-refractivity contribution < 1.29 is 9.66 Å². The van der Waals surface area contributed by atoms with Crippen molar-refractivity contribution >= 4 is 17.7 Å². The standard InChI is InChI=1S/C16H11ClN2O3/c17-15-9-12(7-8-19(20)21)5-6-16(15)22-11-14-4-2-1-3-13(14)10-18/h1-9H,11H2/b8-7+. The van der Waals surface area contributed by atoms with Crippen molar-refractivity contribution in [3.05, 3.63) is 80.5 Å². The van der Waals surface area contributed by atoms with E-state index in [-0.39, 0.29) is 6.61 Å². The summed E-state index contributed by atoms with van der Waals surface area (Å²) in [4.78, 5) is 9.73. The van der Waals surface area contributed by atoms with E-state index in [4.69, 9.17) is 21.6 Å². The Hall–Kier alpha value is -2.84. The summed E-state index contributed by atoms with van der Waals surface area (Å²) in [6, 6.07) is 14.1. The third-order valence-electron chi connectivity index (χ3n) is 2.87. The number of nitro groups is 1. The van der Waals surface area contributed by atoms with Crippen molar-refractivity contribution in [2.45, 2.75) is 6.61 Å². The maximum absolute atomic E-state index is 10.3. The van der Waals surface area contributed by atoms with Crippen molar-refractivity contribution in [1.29, 1.82) is 5.26 Å². The molecular weight excluding hydrogens is 304 g/mol. The van der Waals surface area contributed by atoms with Crippen molar-refractivity contribution in [3.63, 3.8) is 0 Å². The van der Waals surface area contributed by atoms with Crippen LogP contribution in [-0.2, 0) is 6.61 Å². The minimum atomic E-state index is -0.545. The summed E-state index contributed by atoms with van der Waals surface area (Å²) < 4.78 is 5.60. The highest BCUT2D eigenvalue weighted by atomic mass is 35.5. The van der Waals surface area contributed by atoms with Gasteiger partial charge in [0.1, 0.15) is 12.4 Å². The number of nitrogens with zero attached hydrogens (tertiary/aromatic N) is 2. The quantitative estimate of drug-likeness (QED) is 0.616. The first kappa shape index (κ1) is 15.5. The molecule has 0 bridgehead atoms. The molecule has 6 heteroatoms. The SMILES string of the molecule is N#Cc1ccccc1COc1ccc(/C=C/[N+](=O)[O-])cc1Cl. The van der Waals surface area contributed by atoms with Crippen LogP contribution in [-0.4, -0.2) is 4.92 Å². The van der Waals surface area contributed by atoms with E-state index in [0.717, 1.165) is 11.8 Å². The zero-order chi connectivity index (χ0) is 15.9. The second-order valence-corrected chi connectivity index (χ2v) is 4.76. The Morgan fingerprint density at radius 2 is 2.09 bits per heavy atom. The Kier molecular flexibility index (Phi) is 5.12. The topological polar surface area (TPSA) is 76.2 Å². The van der Waals surface area contributed by atoms with Gasteiger partial charge in [0.2, 0.25) is 6.20 Å². The smallest absolute Gasteiger partial charge is 0.235 e. The molecule has 0 saturated carbocycles. The number of hydrogen-bond acceptors (Lipinski definition) is 4. The maximum Gasteiger partial charge on any atom is 0.235 e. The molecule has 22 heavy (non-hydrogen) atoms. The number of rotatable bonds is 5. The van der Waals surface area contributed by atoms with Crippen LogP contribution in [0.5, 0.6) is 5.75 Å². The maximum atomic E-state index is 10.3. The Morgan fingerprint density at radius 3 is 2.77 bits per heavy atom. The predicted octanol–water partition coefficient (Wildman–Crippen LogP) is 4.04. The zero-order valence-electron chi connectivity index (χ0n) is 11.4. The second-order valence-electron chi connectivity index (χ2n) is 4.35. The number of hydrogen-bond donors (Lipinski definition) is 0. The fourth-order valence-electron chi connectivity index (χ4n) is 1.80. The van der Waals surface area contributed by atoms with E-state index in [9.17, 15) is 10.1 Å². The van der Waals surface area contributed by atoms with E-state index < -0.39 is 4.92 Å². The summed E-state index contributed by atoms with van der Waals surface area (Å²) in [6.07, 6.45) is 2.19. The Morgan fingerprint density at radius 1 is 1.32 bits per heavy atom. The molecule has 0 atom stereocenters. The molecule has 0 aliphatic heterocycles. The van der Waals surface area contributed by atoms with Gasteiger partial charge in [0.05, 0.1) is 21.6 Å². The van der Waals surface area contributed by atoms with E-state index in [1.807, 2.05) is 6.07 Å². The lowest BCUT2D eigenvalue weighted by Gasteiger charge is -2.09. The lowest BCUT2D eigenvalue weighted by Crippen LogP contribution is -1.98. The number of halogens is 1. The van der Waals surface area contributed by atoms with Crippen molar-refractivity contribution in [3.8, 4) is 11.8 Å². The molecule has 2 aromatic rings. The van der Waals surface area contributed by atoms with Gasteiger partial charge in [-0.25, -0.2) is 0 Å². The van der Waals surface area contributed by atoms with Crippen molar-refractivity contribution in [2.24, 2.45) is 0 Å². The Labute approximate surface area is 132 Å². The fraction of sp³-hybridized carbons (Fsp3) is 0.0625. The molecule has 0 saturated heterocycles. The molecule has 5 nitrogen and oxygen atoms in total. The van der Waals surface area contributed by atoms with Gasteiger partial charge in [-0.1, -0.05) is 35.9 Å². The molecular formula is C16H11ClN2O3. The fourth-order valence-corrected chi connectivity index (χ4v) is 2.04. The van der Waals surface area contributed by atoms with Crippen LogP contribution in [0.25, 0.3) is 6.08 Å². The van der Waals surface area contributed by atoms with Gasteiger partial charge in [0.25, 0.3) is 0 Å². The van der Waals surface area contributed by atoms with Crippen LogP contribution in [0.1, 0.15) is 16.7 Å². The van der Waals surface area contributed by atoms with Crippen LogP contribution in [0.15, 0.2) is 48.7 Å². The zero-order valence-corrected chi connectivity index (χ0v) is 12.2. The van der Waals surface area contributed by atoms with Crippen LogP contribution in [0.4, 0.5) is 0 Å². The van der Waals surface area contributed by atoms with Crippen molar-refractivity contribution in [1.82, 2.24) is 0 Å². The molecule has 0 spiro atoms. The monoisotopic (exact) mass is 314 g/mol. The minimum absolute atomic E-state index is 0.216. The summed E-state index contributed by atoms with van der Waals surface area (Å²) in [5, 5.41) is 19.6. The second kappa shape index (κ2) is 7.25. The first-order valence-corrected chi connectivity index (χ1v) is 6.70. The molecule has 2 aromatic carbocycles. The first-order chi connectivity index (χ1) is 10.6. The Balaban J connectivity index is 2.11. The van der Waals surface area contributed by atoms with Gasteiger partial charge in [-0.15, -0.1) is 0 Å². The van der Waals surface area contributed by atoms with Gasteiger partial charge >= 0.3 is 0 Å². The summed E-state index contributed by atoms with van der Waals surface area (Å²) in [5.74, 6) is 0.452. The summed E-state index contributed by atoms with van der Waals surface area (Å²) >= 11 is 6.09. The molecule has 0 unspecified atom stereocenters. The molecule has 0 amide bonds. The summed E-state index contributed by atoms with van der Waals surface area (Å²) in [6.45, 7) is 0.216. The lowest BCUT2D eigenvalue weighted by molar-refractivity contribution is -0.400. The van der Waals surface area contributed by atoms with Crippen LogP contribution < -0.4 is 4.74 Å². The summed E-state index contributed by atoms with van der Waals surface area (Å²) in [5.41, 5.74) is 1.91. The molecule has 0 aliphatic carbocycles. The average molecular weight is 315 g/mol. The van der Waals surface area contributed by atoms with E-state index in [2.05, 4.69) is 6.07 Å². The van der Waals surface area contributed by atoms with E-state index in [0.29, 0.717) is 21.9 Å². The van der Waals surface area contributed by atoms with Crippen LogP contribution in [0, 0.1) is 21.4 Å². The minimum Gasteiger partial charge on any atom is -0.487 e. The van der Waals surface area contributed by atoms with Gasteiger partial charge < -0.3 is 4.74 Å². The molecule has 0 radical (unpaired) electrons. The van der Waals surface area contributed by atoms with E-state index in [1.165, 1.54) is 6.08 Å². The van der Waals surface area contributed by atoms with E-state index >= 15 is 0 Å². The van der Waals surface area contributed by atoms with Crippen LogP contribution in [0.2, 0.25) is 5.02 Å². The van der Waals surface area contributed by atoms with Crippen LogP contribution >= 0.6 is 11.6 Å². The molecule has 0 aliphatic rings. The van der Waals surface area contributed by atoms with Gasteiger partial charge in [0.15, 0.2) is 0 Å². The number of ether oxygens (including phenoxy) is 1.